The minimum atomic E-state index is -3.65. The van der Waals surface area contributed by atoms with Gasteiger partial charge in [-0.05, 0) is 31.4 Å². The first kappa shape index (κ1) is 14.4. The van der Waals surface area contributed by atoms with Crippen LogP contribution in [-0.4, -0.2) is 38.7 Å². The number of nitrogens with one attached hydrogen (secondary N) is 1. The topological polar surface area (TPSA) is 92.7 Å². The Morgan fingerprint density at radius 2 is 2.11 bits per heavy atom. The quantitative estimate of drug-likeness (QED) is 0.872. The molecule has 2 N–H and O–H groups in total. The fraction of sp³-hybridized carbons (Fsp3) is 0.545. The molecule has 1 aliphatic heterocycles. The molecule has 1 aliphatic rings. The molecule has 2 heterocycles. The molecule has 0 spiro atoms. The third-order valence-corrected chi connectivity index (χ3v) is 6.12. The number of aryl methyl sites for hydroxylation is 1. The van der Waals surface area contributed by atoms with Crippen molar-refractivity contribution in [3.8, 4) is 0 Å². The van der Waals surface area contributed by atoms with E-state index in [-0.39, 0.29) is 15.1 Å². The number of carbonyl (C=O) groups is 1. The number of carboxylic acid groups (broad SMARTS) is 1. The molecule has 0 amide bonds. The van der Waals surface area contributed by atoms with Crippen LogP contribution in [0.1, 0.15) is 28.1 Å². The van der Waals surface area contributed by atoms with E-state index in [2.05, 4.69) is 4.72 Å². The second-order valence-corrected chi connectivity index (χ2v) is 7.38. The zero-order chi connectivity index (χ0) is 14.0. The van der Waals surface area contributed by atoms with Crippen molar-refractivity contribution in [3.63, 3.8) is 0 Å². The molecule has 1 aromatic heterocycles. The summed E-state index contributed by atoms with van der Waals surface area (Å²) >= 11 is 0.782. The van der Waals surface area contributed by atoms with Gasteiger partial charge in [0.2, 0.25) is 10.0 Å². The number of aromatic carboxylic acids is 1. The second kappa shape index (κ2) is 5.58. The summed E-state index contributed by atoms with van der Waals surface area (Å²) in [7, 11) is -3.65. The van der Waals surface area contributed by atoms with E-state index in [9.17, 15) is 13.2 Å². The highest BCUT2D eigenvalue weighted by molar-refractivity contribution is 7.91. The number of rotatable bonds is 4. The Bertz CT molecular complexity index is 572. The summed E-state index contributed by atoms with van der Waals surface area (Å²) in [5.74, 6) is -1.10. The van der Waals surface area contributed by atoms with Gasteiger partial charge in [0.05, 0.1) is 0 Å². The highest BCUT2D eigenvalue weighted by Gasteiger charge is 2.25. The number of thiophene rings is 1. The summed E-state index contributed by atoms with van der Waals surface area (Å²) in [6, 6.07) is 1.25. The minimum absolute atomic E-state index is 0.0499. The first-order chi connectivity index (χ1) is 8.90. The van der Waals surface area contributed by atoms with Crippen LogP contribution in [0.5, 0.6) is 0 Å². The first-order valence-corrected chi connectivity index (χ1v) is 8.14. The molecule has 106 valence electrons. The van der Waals surface area contributed by atoms with E-state index in [1.54, 1.807) is 6.92 Å². The van der Waals surface area contributed by atoms with Crippen LogP contribution in [0.3, 0.4) is 0 Å². The average molecular weight is 305 g/mol. The highest BCUT2D eigenvalue weighted by Crippen LogP contribution is 2.26. The van der Waals surface area contributed by atoms with Crippen molar-refractivity contribution >= 4 is 27.3 Å². The predicted octanol–water partition coefficient (Wildman–Crippen LogP) is 1.21. The molecule has 0 aliphatic carbocycles. The average Bonchev–Trinajstić information content (AvgIpc) is 2.73. The van der Waals surface area contributed by atoms with Crippen molar-refractivity contribution in [2.24, 2.45) is 0 Å². The molecule has 2 rings (SSSR count). The smallest absolute Gasteiger partial charge is 0.346 e. The fourth-order valence-electron chi connectivity index (χ4n) is 1.89. The van der Waals surface area contributed by atoms with Crippen LogP contribution in [0, 0.1) is 6.92 Å². The maximum absolute atomic E-state index is 12.2. The molecular formula is C11H15NO5S2. The monoisotopic (exact) mass is 305 g/mol. The lowest BCUT2D eigenvalue weighted by Gasteiger charge is -2.22. The molecule has 1 saturated heterocycles. The van der Waals surface area contributed by atoms with Crippen molar-refractivity contribution in [2.45, 2.75) is 30.0 Å². The Morgan fingerprint density at radius 3 is 2.63 bits per heavy atom. The van der Waals surface area contributed by atoms with E-state index in [4.69, 9.17) is 9.84 Å². The van der Waals surface area contributed by atoms with E-state index < -0.39 is 16.0 Å². The van der Waals surface area contributed by atoms with Crippen LogP contribution in [0.4, 0.5) is 0 Å². The van der Waals surface area contributed by atoms with Gasteiger partial charge in [0.15, 0.2) is 0 Å². The second-order valence-electron chi connectivity index (χ2n) is 4.39. The summed E-state index contributed by atoms with van der Waals surface area (Å²) in [6.45, 7) is 2.67. The third-order valence-electron chi connectivity index (χ3n) is 2.90. The van der Waals surface area contributed by atoms with E-state index in [0.717, 1.165) is 11.3 Å². The minimum Gasteiger partial charge on any atom is -0.477 e. The number of hydrogen-bond donors (Lipinski definition) is 2. The Kier molecular flexibility index (Phi) is 4.24. The molecule has 8 heteroatoms. The highest BCUT2D eigenvalue weighted by atomic mass is 32.2. The largest absolute Gasteiger partial charge is 0.477 e. The van der Waals surface area contributed by atoms with Gasteiger partial charge in [-0.15, -0.1) is 11.3 Å². The van der Waals surface area contributed by atoms with Gasteiger partial charge in [-0.25, -0.2) is 17.9 Å². The number of ether oxygens (including phenoxy) is 1. The molecule has 0 radical (unpaired) electrons. The summed E-state index contributed by atoms with van der Waals surface area (Å²) in [4.78, 5) is 11.0. The van der Waals surface area contributed by atoms with E-state index in [1.165, 1.54) is 6.07 Å². The summed E-state index contributed by atoms with van der Waals surface area (Å²) < 4.78 is 32.1. The van der Waals surface area contributed by atoms with Crippen molar-refractivity contribution in [1.29, 1.82) is 0 Å². The van der Waals surface area contributed by atoms with Crippen LogP contribution in [0.15, 0.2) is 10.3 Å². The van der Waals surface area contributed by atoms with Gasteiger partial charge in [0, 0.05) is 19.3 Å². The molecular weight excluding hydrogens is 290 g/mol. The Balaban J connectivity index is 2.19. The SMILES string of the molecule is Cc1cc(S(=O)(=O)NC2CCOCC2)sc1C(=O)O. The molecule has 19 heavy (non-hydrogen) atoms. The summed E-state index contributed by atoms with van der Waals surface area (Å²) in [5.41, 5.74) is 0.463. The molecule has 6 nitrogen and oxygen atoms in total. The van der Waals surface area contributed by atoms with Gasteiger partial charge in [-0.2, -0.15) is 0 Å². The van der Waals surface area contributed by atoms with Crippen molar-refractivity contribution < 1.29 is 23.1 Å². The van der Waals surface area contributed by atoms with E-state index in [1.807, 2.05) is 0 Å². The Hall–Kier alpha value is -0.960. The number of hydrogen-bond acceptors (Lipinski definition) is 5. The normalized spacial score (nSPS) is 17.5. The lowest BCUT2D eigenvalue weighted by atomic mass is 10.1. The molecule has 0 unspecified atom stereocenters. The van der Waals surface area contributed by atoms with Crippen LogP contribution in [-0.2, 0) is 14.8 Å². The standard InChI is InChI=1S/C11H15NO5S2/c1-7-6-9(18-10(7)11(13)14)19(15,16)12-8-2-4-17-5-3-8/h6,8,12H,2-5H2,1H3,(H,13,14). The van der Waals surface area contributed by atoms with Gasteiger partial charge in [-0.3, -0.25) is 0 Å². The molecule has 0 bridgehead atoms. The van der Waals surface area contributed by atoms with Gasteiger partial charge < -0.3 is 9.84 Å². The van der Waals surface area contributed by atoms with Crippen molar-refractivity contribution in [3.05, 3.63) is 16.5 Å². The van der Waals surface area contributed by atoms with Gasteiger partial charge in [0.1, 0.15) is 9.09 Å². The Labute approximate surface area is 115 Å². The fourth-order valence-corrected chi connectivity index (χ4v) is 4.59. The number of sulfonamides is 1. The van der Waals surface area contributed by atoms with Gasteiger partial charge >= 0.3 is 5.97 Å². The first-order valence-electron chi connectivity index (χ1n) is 5.84. The molecule has 1 fully saturated rings. The maximum atomic E-state index is 12.2. The molecule has 0 atom stereocenters. The summed E-state index contributed by atoms with van der Waals surface area (Å²) in [5, 5.41) is 8.94. The lowest BCUT2D eigenvalue weighted by molar-refractivity contribution is 0.0701. The van der Waals surface area contributed by atoms with Gasteiger partial charge in [0.25, 0.3) is 0 Å². The molecule has 0 aromatic carbocycles. The van der Waals surface area contributed by atoms with Crippen molar-refractivity contribution in [1.82, 2.24) is 4.72 Å². The van der Waals surface area contributed by atoms with Crippen molar-refractivity contribution in [2.75, 3.05) is 13.2 Å². The van der Waals surface area contributed by atoms with Crippen LogP contribution >= 0.6 is 11.3 Å². The van der Waals surface area contributed by atoms with E-state index in [0.29, 0.717) is 31.6 Å². The van der Waals surface area contributed by atoms with Gasteiger partial charge in [-0.1, -0.05) is 0 Å². The summed E-state index contributed by atoms with van der Waals surface area (Å²) in [6.07, 6.45) is 1.27. The lowest BCUT2D eigenvalue weighted by Crippen LogP contribution is -2.38. The van der Waals surface area contributed by atoms with Crippen LogP contribution in [0.25, 0.3) is 0 Å². The zero-order valence-corrected chi connectivity index (χ0v) is 12.0. The molecule has 0 saturated carbocycles. The zero-order valence-electron chi connectivity index (χ0n) is 10.4. The van der Waals surface area contributed by atoms with Crippen LogP contribution in [0.2, 0.25) is 0 Å². The third kappa shape index (κ3) is 3.33. The number of carboxylic acids is 1. The maximum Gasteiger partial charge on any atom is 0.346 e. The Morgan fingerprint density at radius 1 is 1.47 bits per heavy atom. The molecule has 1 aromatic rings. The van der Waals surface area contributed by atoms with E-state index >= 15 is 0 Å². The predicted molar refractivity (Wildman–Crippen MR) is 70.2 cm³/mol. The van der Waals surface area contributed by atoms with Crippen LogP contribution < -0.4 is 4.72 Å².